The minimum Gasteiger partial charge on any atom is -0.420 e. The van der Waals surface area contributed by atoms with Crippen LogP contribution in [0.25, 0.3) is 11.5 Å². The molecule has 0 unspecified atom stereocenters. The number of benzene rings is 1. The van der Waals surface area contributed by atoms with Crippen molar-refractivity contribution in [2.24, 2.45) is 0 Å². The van der Waals surface area contributed by atoms with Crippen molar-refractivity contribution in [1.82, 2.24) is 30.4 Å². The van der Waals surface area contributed by atoms with Gasteiger partial charge in [-0.05, 0) is 28.6 Å². The van der Waals surface area contributed by atoms with E-state index < -0.39 is 12.7 Å². The average Bonchev–Trinajstić information content (AvgIpc) is 3.13. The molecule has 0 aliphatic heterocycles. The number of nitrogens with zero attached hydrogens (tertiary/aromatic N) is 6. The van der Waals surface area contributed by atoms with Crippen molar-refractivity contribution in [3.63, 3.8) is 0 Å². The van der Waals surface area contributed by atoms with Gasteiger partial charge in [-0.1, -0.05) is 33.8 Å². The van der Waals surface area contributed by atoms with Crippen molar-refractivity contribution in [2.75, 3.05) is 0 Å². The molecule has 24 heavy (non-hydrogen) atoms. The Morgan fingerprint density at radius 3 is 2.79 bits per heavy atom. The van der Waals surface area contributed by atoms with E-state index in [1.165, 1.54) is 0 Å². The highest BCUT2D eigenvalue weighted by Crippen LogP contribution is 2.26. The van der Waals surface area contributed by atoms with Gasteiger partial charge in [-0.25, -0.2) is 4.68 Å². The molecule has 12 heteroatoms. The lowest BCUT2D eigenvalue weighted by atomic mass is 10.2. The fraction of sp³-hybridized carbons (Fsp3) is 0.250. The highest BCUT2D eigenvalue weighted by molar-refractivity contribution is 9.10. The quantitative estimate of drug-likeness (QED) is 0.585. The molecule has 1 aromatic carbocycles. The van der Waals surface area contributed by atoms with Gasteiger partial charge in [0, 0.05) is 10.0 Å². The summed E-state index contributed by atoms with van der Waals surface area (Å²) >= 11 is 4.32. The van der Waals surface area contributed by atoms with Gasteiger partial charge in [0.1, 0.15) is 6.54 Å². The first-order chi connectivity index (χ1) is 11.4. The smallest absolute Gasteiger partial charge is 0.408 e. The second kappa shape index (κ2) is 6.89. The maximum absolute atomic E-state index is 12.4. The second-order valence-electron chi connectivity index (χ2n) is 4.53. The van der Waals surface area contributed by atoms with Crippen LogP contribution in [-0.2, 0) is 12.3 Å². The summed E-state index contributed by atoms with van der Waals surface area (Å²) < 4.78 is 44.3. The van der Waals surface area contributed by atoms with Crippen LogP contribution in [0.3, 0.4) is 0 Å². The van der Waals surface area contributed by atoms with Crippen LogP contribution in [0.1, 0.15) is 5.89 Å². The first kappa shape index (κ1) is 16.9. The number of hydrogen-bond donors (Lipinski definition) is 0. The normalized spacial score (nSPS) is 11.8. The SMILES string of the molecule is FC(F)(F)Cn1nnnc1SCc1nnc(-c2cccc(Br)c2)o1. The molecule has 0 atom stereocenters. The van der Waals surface area contributed by atoms with E-state index in [9.17, 15) is 13.2 Å². The number of aromatic nitrogens is 6. The number of alkyl halides is 3. The fourth-order valence-corrected chi connectivity index (χ4v) is 2.86. The summed E-state index contributed by atoms with van der Waals surface area (Å²) in [5.41, 5.74) is 0.732. The largest absolute Gasteiger partial charge is 0.420 e. The van der Waals surface area contributed by atoms with Crippen LogP contribution in [-0.4, -0.2) is 36.6 Å². The van der Waals surface area contributed by atoms with Crippen LogP contribution in [0.4, 0.5) is 13.2 Å². The third-order valence-corrected chi connectivity index (χ3v) is 4.13. The van der Waals surface area contributed by atoms with Crippen LogP contribution >= 0.6 is 27.7 Å². The number of hydrogen-bond acceptors (Lipinski definition) is 7. The lowest BCUT2D eigenvalue weighted by molar-refractivity contribution is -0.144. The standard InChI is InChI=1S/C12H8BrF3N6OS/c13-8-3-1-2-7(4-8)10-18-17-9(23-10)5-24-11-19-20-21-22(11)6-12(14,15)16/h1-4H,5-6H2. The van der Waals surface area contributed by atoms with Gasteiger partial charge < -0.3 is 4.42 Å². The summed E-state index contributed by atoms with van der Waals surface area (Å²) in [7, 11) is 0. The van der Waals surface area contributed by atoms with Gasteiger partial charge in [0.05, 0.1) is 5.75 Å². The van der Waals surface area contributed by atoms with Gasteiger partial charge in [-0.2, -0.15) is 13.2 Å². The van der Waals surface area contributed by atoms with Gasteiger partial charge in [0.15, 0.2) is 0 Å². The zero-order chi connectivity index (χ0) is 17.2. The fourth-order valence-electron chi connectivity index (χ4n) is 1.75. The second-order valence-corrected chi connectivity index (χ2v) is 6.39. The Balaban J connectivity index is 1.67. The van der Waals surface area contributed by atoms with Gasteiger partial charge in [0.25, 0.3) is 0 Å². The van der Waals surface area contributed by atoms with E-state index in [0.29, 0.717) is 10.6 Å². The number of rotatable bonds is 5. The minimum absolute atomic E-state index is 0.0227. The molecule has 0 spiro atoms. The highest BCUT2D eigenvalue weighted by atomic mass is 79.9. The first-order valence-corrected chi connectivity index (χ1v) is 8.22. The van der Waals surface area contributed by atoms with Crippen LogP contribution in [0.2, 0.25) is 0 Å². The van der Waals surface area contributed by atoms with E-state index >= 15 is 0 Å². The Kier molecular flexibility index (Phi) is 4.85. The zero-order valence-corrected chi connectivity index (χ0v) is 14.1. The Morgan fingerprint density at radius 2 is 2.04 bits per heavy atom. The average molecular weight is 421 g/mol. The molecular formula is C12H8BrF3N6OS. The van der Waals surface area contributed by atoms with E-state index in [-0.39, 0.29) is 16.8 Å². The zero-order valence-electron chi connectivity index (χ0n) is 11.7. The predicted molar refractivity (Wildman–Crippen MR) is 80.9 cm³/mol. The molecule has 2 aromatic heterocycles. The number of tetrazole rings is 1. The van der Waals surface area contributed by atoms with Crippen molar-refractivity contribution in [1.29, 1.82) is 0 Å². The number of thioether (sulfide) groups is 1. The van der Waals surface area contributed by atoms with E-state index in [4.69, 9.17) is 4.42 Å². The third kappa shape index (κ3) is 4.32. The summed E-state index contributed by atoms with van der Waals surface area (Å²) in [4.78, 5) is 0. The molecule has 0 aliphatic carbocycles. The molecule has 0 amide bonds. The molecule has 126 valence electrons. The summed E-state index contributed by atoms with van der Waals surface area (Å²) in [6, 6.07) is 7.30. The molecule has 0 radical (unpaired) electrons. The molecule has 0 N–H and O–H groups in total. The third-order valence-electron chi connectivity index (χ3n) is 2.69. The van der Waals surface area contributed by atoms with E-state index in [2.05, 4.69) is 41.7 Å². The first-order valence-electron chi connectivity index (χ1n) is 6.45. The highest BCUT2D eigenvalue weighted by Gasteiger charge is 2.30. The minimum atomic E-state index is -4.40. The van der Waals surface area contributed by atoms with Crippen LogP contribution < -0.4 is 0 Å². The molecular weight excluding hydrogens is 413 g/mol. The van der Waals surface area contributed by atoms with Crippen molar-refractivity contribution in [3.05, 3.63) is 34.6 Å². The molecule has 0 fully saturated rings. The van der Waals surface area contributed by atoms with Crippen molar-refractivity contribution >= 4 is 27.7 Å². The summed E-state index contributed by atoms with van der Waals surface area (Å²) in [5.74, 6) is 0.734. The van der Waals surface area contributed by atoms with Crippen LogP contribution in [0, 0.1) is 0 Å². The summed E-state index contributed by atoms with van der Waals surface area (Å²) in [5, 5.41) is 17.9. The van der Waals surface area contributed by atoms with E-state index in [0.717, 1.165) is 21.8 Å². The Labute approximate surface area is 145 Å². The molecule has 2 heterocycles. The molecule has 0 bridgehead atoms. The Hall–Kier alpha value is -1.95. The van der Waals surface area contributed by atoms with Crippen molar-refractivity contribution in [2.45, 2.75) is 23.6 Å². The lowest BCUT2D eigenvalue weighted by Crippen LogP contribution is -2.19. The van der Waals surface area contributed by atoms with E-state index in [1.807, 2.05) is 18.2 Å². The van der Waals surface area contributed by atoms with Crippen molar-refractivity contribution in [3.8, 4) is 11.5 Å². The summed E-state index contributed by atoms with van der Waals surface area (Å²) in [6.07, 6.45) is -4.40. The Bertz CT molecular complexity index is 836. The molecule has 0 saturated carbocycles. The summed E-state index contributed by atoms with van der Waals surface area (Å²) in [6.45, 7) is -1.25. The molecule has 7 nitrogen and oxygen atoms in total. The molecule has 3 rings (SSSR count). The van der Waals surface area contributed by atoms with Crippen molar-refractivity contribution < 1.29 is 17.6 Å². The molecule has 3 aromatic rings. The van der Waals surface area contributed by atoms with Gasteiger partial charge in [0.2, 0.25) is 16.9 Å². The molecule has 0 aliphatic rings. The van der Waals surface area contributed by atoms with Crippen LogP contribution in [0.5, 0.6) is 0 Å². The lowest BCUT2D eigenvalue weighted by Gasteiger charge is -2.06. The Morgan fingerprint density at radius 1 is 1.21 bits per heavy atom. The van der Waals surface area contributed by atoms with E-state index in [1.54, 1.807) is 6.07 Å². The predicted octanol–water partition coefficient (Wildman–Crippen LogP) is 3.34. The topological polar surface area (TPSA) is 82.5 Å². The monoisotopic (exact) mass is 420 g/mol. The van der Waals surface area contributed by atoms with Gasteiger partial charge in [-0.3, -0.25) is 0 Å². The van der Waals surface area contributed by atoms with Gasteiger partial charge in [-0.15, -0.1) is 15.3 Å². The van der Waals surface area contributed by atoms with Gasteiger partial charge >= 0.3 is 6.18 Å². The number of halogens is 4. The molecule has 0 saturated heterocycles. The maximum Gasteiger partial charge on any atom is 0.408 e. The maximum atomic E-state index is 12.4. The van der Waals surface area contributed by atoms with Crippen LogP contribution in [0.15, 0.2) is 38.3 Å².